The number of nitrogens with zero attached hydrogens (tertiary/aromatic N) is 2. The van der Waals surface area contributed by atoms with E-state index in [2.05, 4.69) is 42.2 Å². The summed E-state index contributed by atoms with van der Waals surface area (Å²) in [6.45, 7) is 5.94. The van der Waals surface area contributed by atoms with Crippen molar-refractivity contribution < 1.29 is 4.79 Å². The molecule has 2 aromatic heterocycles. The highest BCUT2D eigenvalue weighted by atomic mass is 16.1. The van der Waals surface area contributed by atoms with Gasteiger partial charge in [0, 0.05) is 11.8 Å². The topological polar surface area (TPSA) is 60.4 Å². The van der Waals surface area contributed by atoms with Gasteiger partial charge in [-0.25, -0.2) is 4.98 Å². The first-order chi connectivity index (χ1) is 9.97. The third-order valence-corrected chi connectivity index (χ3v) is 3.69. The van der Waals surface area contributed by atoms with Gasteiger partial charge in [-0.15, -0.1) is 0 Å². The zero-order valence-corrected chi connectivity index (χ0v) is 12.3. The maximum absolute atomic E-state index is 11.5. The monoisotopic (exact) mass is 279 g/mol. The molecule has 0 atom stereocenters. The van der Waals surface area contributed by atoms with Crippen molar-refractivity contribution in [1.82, 2.24) is 9.38 Å². The fraction of sp³-hybridized carbons (Fsp3) is 0.176. The Morgan fingerprint density at radius 3 is 2.38 bits per heavy atom. The predicted molar refractivity (Wildman–Crippen MR) is 83.4 cm³/mol. The van der Waals surface area contributed by atoms with Crippen molar-refractivity contribution >= 4 is 11.6 Å². The van der Waals surface area contributed by atoms with Crippen LogP contribution in [-0.4, -0.2) is 15.3 Å². The summed E-state index contributed by atoms with van der Waals surface area (Å²) in [4.78, 5) is 16.0. The van der Waals surface area contributed by atoms with Gasteiger partial charge in [-0.2, -0.15) is 0 Å². The average Bonchev–Trinajstić information content (AvgIpc) is 2.77. The van der Waals surface area contributed by atoms with Gasteiger partial charge in [-0.05, 0) is 38.0 Å². The Balaban J connectivity index is 2.34. The van der Waals surface area contributed by atoms with E-state index in [0.29, 0.717) is 5.69 Å². The highest BCUT2D eigenvalue weighted by Gasteiger charge is 2.16. The molecular formula is C17H17N3O. The summed E-state index contributed by atoms with van der Waals surface area (Å²) in [5.41, 5.74) is 11.7. The number of nitrogens with two attached hydrogens (primary N) is 1. The molecular weight excluding hydrogens is 262 g/mol. The number of benzene rings is 1. The van der Waals surface area contributed by atoms with Gasteiger partial charge in [0.05, 0.1) is 5.69 Å². The zero-order chi connectivity index (χ0) is 15.1. The molecule has 4 nitrogen and oxygen atoms in total. The number of aromatic nitrogens is 2. The number of primary amides is 1. The Bertz CT molecular complexity index is 845. The molecule has 1 aromatic carbocycles. The van der Waals surface area contributed by atoms with Crippen LogP contribution in [0.5, 0.6) is 0 Å². The van der Waals surface area contributed by atoms with Gasteiger partial charge in [0.2, 0.25) is 0 Å². The van der Waals surface area contributed by atoms with Gasteiger partial charge in [0.15, 0.2) is 0 Å². The molecule has 2 N–H and O–H groups in total. The molecule has 0 saturated heterocycles. The van der Waals surface area contributed by atoms with Gasteiger partial charge < -0.3 is 10.1 Å². The summed E-state index contributed by atoms with van der Waals surface area (Å²) in [7, 11) is 0. The molecule has 0 bridgehead atoms. The molecule has 0 aliphatic heterocycles. The van der Waals surface area contributed by atoms with Gasteiger partial charge in [-0.3, -0.25) is 4.79 Å². The molecule has 0 aliphatic rings. The standard InChI is InChI=1S/C17H17N3O/c1-10-4-6-13(7-5-10)14-8-11(2)9-20-12(3)15(16(18)21)19-17(14)20/h4-9H,1-3H3,(H2,18,21). The molecule has 0 spiro atoms. The van der Waals surface area contributed by atoms with Crippen molar-refractivity contribution in [2.75, 3.05) is 0 Å². The second-order valence-corrected chi connectivity index (χ2v) is 5.40. The molecule has 0 unspecified atom stereocenters. The van der Waals surface area contributed by atoms with E-state index in [9.17, 15) is 4.79 Å². The van der Waals surface area contributed by atoms with Gasteiger partial charge in [-0.1, -0.05) is 29.8 Å². The lowest BCUT2D eigenvalue weighted by Crippen LogP contribution is -2.12. The van der Waals surface area contributed by atoms with Crippen molar-refractivity contribution in [3.63, 3.8) is 0 Å². The maximum Gasteiger partial charge on any atom is 0.269 e. The summed E-state index contributed by atoms with van der Waals surface area (Å²) in [6, 6.07) is 10.4. The SMILES string of the molecule is Cc1ccc(-c2cc(C)cn3c(C)c(C(N)=O)nc23)cc1. The van der Waals surface area contributed by atoms with Crippen molar-refractivity contribution in [3.8, 4) is 11.1 Å². The minimum atomic E-state index is -0.497. The molecule has 3 rings (SSSR count). The number of pyridine rings is 1. The van der Waals surface area contributed by atoms with Crippen molar-refractivity contribution in [2.24, 2.45) is 5.73 Å². The maximum atomic E-state index is 11.5. The minimum absolute atomic E-state index is 0.328. The van der Waals surface area contributed by atoms with Crippen LogP contribution in [0.15, 0.2) is 36.5 Å². The van der Waals surface area contributed by atoms with E-state index < -0.39 is 5.91 Å². The number of hydrogen-bond acceptors (Lipinski definition) is 2. The largest absolute Gasteiger partial charge is 0.364 e. The van der Waals surface area contributed by atoms with Crippen LogP contribution < -0.4 is 5.73 Å². The molecule has 4 heteroatoms. The molecule has 1 amide bonds. The first-order valence-corrected chi connectivity index (χ1v) is 6.83. The number of carbonyl (C=O) groups excluding carboxylic acids is 1. The molecule has 106 valence electrons. The Labute approximate surface area is 123 Å². The lowest BCUT2D eigenvalue weighted by atomic mass is 10.0. The van der Waals surface area contributed by atoms with E-state index in [4.69, 9.17) is 5.73 Å². The van der Waals surface area contributed by atoms with Crippen LogP contribution in [0.1, 0.15) is 27.3 Å². The van der Waals surface area contributed by atoms with Crippen LogP contribution in [-0.2, 0) is 0 Å². The lowest BCUT2D eigenvalue weighted by Gasteiger charge is -2.07. The number of fused-ring (bicyclic) bond motifs is 1. The van der Waals surface area contributed by atoms with E-state index in [1.165, 1.54) is 5.56 Å². The van der Waals surface area contributed by atoms with E-state index in [-0.39, 0.29) is 0 Å². The summed E-state index contributed by atoms with van der Waals surface area (Å²) >= 11 is 0. The van der Waals surface area contributed by atoms with Gasteiger partial charge in [0.25, 0.3) is 5.91 Å². The van der Waals surface area contributed by atoms with Crippen molar-refractivity contribution in [3.05, 3.63) is 59.0 Å². The van der Waals surface area contributed by atoms with E-state index in [0.717, 1.165) is 28.0 Å². The Morgan fingerprint density at radius 2 is 1.76 bits per heavy atom. The third-order valence-electron chi connectivity index (χ3n) is 3.69. The summed E-state index contributed by atoms with van der Waals surface area (Å²) in [5, 5.41) is 0. The highest BCUT2D eigenvalue weighted by molar-refractivity contribution is 5.94. The van der Waals surface area contributed by atoms with E-state index in [1.807, 2.05) is 24.4 Å². The number of hydrogen-bond donors (Lipinski definition) is 1. The molecule has 0 radical (unpaired) electrons. The van der Waals surface area contributed by atoms with Crippen LogP contribution in [0.25, 0.3) is 16.8 Å². The third kappa shape index (κ3) is 2.18. The van der Waals surface area contributed by atoms with E-state index in [1.54, 1.807) is 0 Å². The van der Waals surface area contributed by atoms with Crippen LogP contribution in [0.4, 0.5) is 0 Å². The van der Waals surface area contributed by atoms with Crippen LogP contribution in [0, 0.1) is 20.8 Å². The highest BCUT2D eigenvalue weighted by Crippen LogP contribution is 2.27. The quantitative estimate of drug-likeness (QED) is 0.783. The molecule has 0 fully saturated rings. The second-order valence-electron chi connectivity index (χ2n) is 5.40. The smallest absolute Gasteiger partial charge is 0.269 e. The first-order valence-electron chi connectivity index (χ1n) is 6.83. The Hall–Kier alpha value is -2.62. The van der Waals surface area contributed by atoms with Crippen molar-refractivity contribution in [2.45, 2.75) is 20.8 Å². The zero-order valence-electron chi connectivity index (χ0n) is 12.3. The number of aryl methyl sites for hydroxylation is 3. The van der Waals surface area contributed by atoms with Crippen LogP contribution >= 0.6 is 0 Å². The summed E-state index contributed by atoms with van der Waals surface area (Å²) in [6.07, 6.45) is 1.97. The first kappa shape index (κ1) is 13.4. The summed E-state index contributed by atoms with van der Waals surface area (Å²) < 4.78 is 1.94. The number of imidazole rings is 1. The normalized spacial score (nSPS) is 11.0. The van der Waals surface area contributed by atoms with Crippen molar-refractivity contribution in [1.29, 1.82) is 0 Å². The molecule has 3 aromatic rings. The van der Waals surface area contributed by atoms with E-state index >= 15 is 0 Å². The summed E-state index contributed by atoms with van der Waals surface area (Å²) in [5.74, 6) is -0.497. The predicted octanol–water partition coefficient (Wildman–Crippen LogP) is 3.03. The minimum Gasteiger partial charge on any atom is -0.364 e. The molecule has 0 aliphatic carbocycles. The van der Waals surface area contributed by atoms with Crippen LogP contribution in [0.3, 0.4) is 0 Å². The second kappa shape index (κ2) is 4.74. The van der Waals surface area contributed by atoms with Gasteiger partial charge >= 0.3 is 0 Å². The number of rotatable bonds is 2. The number of amides is 1. The molecule has 2 heterocycles. The fourth-order valence-corrected chi connectivity index (χ4v) is 2.57. The lowest BCUT2D eigenvalue weighted by molar-refractivity contribution is 0.0995. The Morgan fingerprint density at radius 1 is 1.10 bits per heavy atom. The molecule has 0 saturated carbocycles. The van der Waals surface area contributed by atoms with Gasteiger partial charge in [0.1, 0.15) is 11.3 Å². The van der Waals surface area contributed by atoms with Crippen LogP contribution in [0.2, 0.25) is 0 Å². The Kier molecular flexibility index (Phi) is 3.01. The molecule has 21 heavy (non-hydrogen) atoms. The fourth-order valence-electron chi connectivity index (χ4n) is 2.57. The number of carbonyl (C=O) groups is 1. The average molecular weight is 279 g/mol.